The summed E-state index contributed by atoms with van der Waals surface area (Å²) in [7, 11) is -3.52. The number of hydrogen-bond donors (Lipinski definition) is 0. The van der Waals surface area contributed by atoms with E-state index in [9.17, 15) is 8.42 Å². The molecular formula is C3H3BrO3S. The van der Waals surface area contributed by atoms with Crippen molar-refractivity contribution in [2.24, 2.45) is 0 Å². The van der Waals surface area contributed by atoms with Crippen molar-refractivity contribution in [2.75, 3.05) is 6.61 Å². The van der Waals surface area contributed by atoms with Crippen molar-refractivity contribution >= 4 is 23.4 Å². The molecule has 5 heteroatoms. The van der Waals surface area contributed by atoms with E-state index in [0.717, 1.165) is 0 Å². The first-order valence-electron chi connectivity index (χ1n) is 1.59. The second-order valence-electron chi connectivity index (χ2n) is 0.859. The van der Waals surface area contributed by atoms with Crippen LogP contribution in [0.5, 0.6) is 0 Å². The lowest BCUT2D eigenvalue weighted by Crippen LogP contribution is -1.95. The number of halogens is 1. The molecule has 0 saturated heterocycles. The second kappa shape index (κ2) is 3.07. The van der Waals surface area contributed by atoms with E-state index < -0.39 is 8.55 Å². The highest BCUT2D eigenvalue weighted by Crippen LogP contribution is 1.99. The molecule has 0 radical (unpaired) electrons. The van der Waals surface area contributed by atoms with Crippen LogP contribution in [0.4, 0.5) is 0 Å². The second-order valence-corrected chi connectivity index (χ2v) is 4.26. The lowest BCUT2D eigenvalue weighted by Gasteiger charge is -1.88. The van der Waals surface area contributed by atoms with Gasteiger partial charge in [0, 0.05) is 0 Å². The highest BCUT2D eigenvalue weighted by molar-refractivity contribution is 9.46. The molecule has 0 unspecified atom stereocenters. The molecular weight excluding hydrogens is 196 g/mol. The zero-order valence-electron chi connectivity index (χ0n) is 3.80. The van der Waals surface area contributed by atoms with Gasteiger partial charge in [-0.1, -0.05) is 5.92 Å². The van der Waals surface area contributed by atoms with Crippen LogP contribution >= 0.6 is 14.8 Å². The van der Waals surface area contributed by atoms with E-state index in [-0.39, 0.29) is 6.61 Å². The molecule has 0 aliphatic rings. The number of rotatable bonds is 2. The lowest BCUT2D eigenvalue weighted by molar-refractivity contribution is 0.378. The smallest absolute Gasteiger partial charge is 0.249 e. The minimum absolute atomic E-state index is 0.229. The van der Waals surface area contributed by atoms with Crippen LogP contribution in [0.3, 0.4) is 0 Å². The van der Waals surface area contributed by atoms with Crippen molar-refractivity contribution in [1.29, 1.82) is 0 Å². The van der Waals surface area contributed by atoms with Gasteiger partial charge in [-0.15, -0.1) is 6.42 Å². The minimum Gasteiger partial charge on any atom is -0.249 e. The van der Waals surface area contributed by atoms with Gasteiger partial charge in [0.1, 0.15) is 6.61 Å². The van der Waals surface area contributed by atoms with Crippen molar-refractivity contribution in [1.82, 2.24) is 0 Å². The Morgan fingerprint density at radius 3 is 2.38 bits per heavy atom. The molecule has 8 heavy (non-hydrogen) atoms. The van der Waals surface area contributed by atoms with E-state index in [1.807, 2.05) is 5.92 Å². The predicted molar refractivity (Wildman–Crippen MR) is 32.6 cm³/mol. The van der Waals surface area contributed by atoms with Crippen LogP contribution < -0.4 is 0 Å². The molecule has 46 valence electrons. The summed E-state index contributed by atoms with van der Waals surface area (Å²) < 4.78 is 24.0. The third-order valence-corrected chi connectivity index (χ3v) is 1.24. The lowest BCUT2D eigenvalue weighted by atomic mass is 10.8. The average molecular weight is 199 g/mol. The number of hydrogen-bond acceptors (Lipinski definition) is 3. The summed E-state index contributed by atoms with van der Waals surface area (Å²) >= 11 is 2.23. The van der Waals surface area contributed by atoms with Crippen molar-refractivity contribution in [2.45, 2.75) is 0 Å². The van der Waals surface area contributed by atoms with Crippen LogP contribution in [-0.4, -0.2) is 15.0 Å². The topological polar surface area (TPSA) is 43.4 Å². The maximum Gasteiger partial charge on any atom is 0.329 e. The molecule has 0 heterocycles. The first-order chi connectivity index (χ1) is 3.56. The summed E-state index contributed by atoms with van der Waals surface area (Å²) in [6.45, 7) is -0.229. The van der Waals surface area contributed by atoms with E-state index in [0.29, 0.717) is 0 Å². The molecule has 0 atom stereocenters. The first kappa shape index (κ1) is 7.95. The molecule has 0 amide bonds. The van der Waals surface area contributed by atoms with Crippen LogP contribution in [0.15, 0.2) is 0 Å². The van der Waals surface area contributed by atoms with E-state index >= 15 is 0 Å². The summed E-state index contributed by atoms with van der Waals surface area (Å²) in [6, 6.07) is 0. The molecule has 0 aliphatic carbocycles. The van der Waals surface area contributed by atoms with Gasteiger partial charge in [-0.2, -0.15) is 8.42 Å². The summed E-state index contributed by atoms with van der Waals surface area (Å²) in [6.07, 6.45) is 4.68. The quantitative estimate of drug-likeness (QED) is 0.473. The van der Waals surface area contributed by atoms with Crippen LogP contribution in [0.25, 0.3) is 0 Å². The van der Waals surface area contributed by atoms with Gasteiger partial charge in [-0.3, -0.25) is 0 Å². The Morgan fingerprint density at radius 2 is 2.25 bits per heavy atom. The van der Waals surface area contributed by atoms with Gasteiger partial charge < -0.3 is 0 Å². The van der Waals surface area contributed by atoms with Gasteiger partial charge in [0.05, 0.1) is 14.8 Å². The van der Waals surface area contributed by atoms with E-state index in [1.54, 1.807) is 0 Å². The predicted octanol–water partition coefficient (Wildman–Crippen LogP) is 0.276. The van der Waals surface area contributed by atoms with Gasteiger partial charge in [-0.05, 0) is 0 Å². The summed E-state index contributed by atoms with van der Waals surface area (Å²) in [5.74, 6) is 1.99. The molecule has 0 fully saturated rings. The molecule has 0 N–H and O–H groups in total. The Hall–Kier alpha value is -0.0500. The first-order valence-corrected chi connectivity index (χ1v) is 4.84. The minimum atomic E-state index is -3.52. The maximum absolute atomic E-state index is 9.99. The fourth-order valence-corrected chi connectivity index (χ4v) is 0.594. The van der Waals surface area contributed by atoms with Crippen LogP contribution in [-0.2, 0) is 12.7 Å². The van der Waals surface area contributed by atoms with E-state index in [2.05, 4.69) is 25.4 Å². The van der Waals surface area contributed by atoms with Crippen LogP contribution in [0.2, 0.25) is 0 Å². The Kier molecular flexibility index (Phi) is 3.05. The van der Waals surface area contributed by atoms with Crippen LogP contribution in [0, 0.1) is 12.3 Å². The Balaban J connectivity index is 3.63. The summed E-state index contributed by atoms with van der Waals surface area (Å²) in [5, 5.41) is 0. The maximum atomic E-state index is 9.99. The zero-order valence-corrected chi connectivity index (χ0v) is 6.20. The molecule has 0 saturated carbocycles. The highest BCUT2D eigenvalue weighted by atomic mass is 79.9. The molecule has 3 nitrogen and oxygen atoms in total. The number of terminal acetylenes is 1. The molecule has 0 bridgehead atoms. The van der Waals surface area contributed by atoms with E-state index in [4.69, 9.17) is 0 Å². The van der Waals surface area contributed by atoms with Crippen molar-refractivity contribution in [3.63, 3.8) is 0 Å². The largest absolute Gasteiger partial charge is 0.329 e. The fourth-order valence-electron chi connectivity index (χ4n) is 0.104. The molecule has 0 spiro atoms. The molecule has 0 aromatic rings. The fraction of sp³-hybridized carbons (Fsp3) is 0.333. The van der Waals surface area contributed by atoms with Gasteiger partial charge in [-0.25, -0.2) is 4.18 Å². The molecule has 0 aromatic heterocycles. The van der Waals surface area contributed by atoms with Gasteiger partial charge in [0.2, 0.25) is 0 Å². The molecule has 0 rings (SSSR count). The van der Waals surface area contributed by atoms with Gasteiger partial charge in [0.15, 0.2) is 0 Å². The normalized spacial score (nSPS) is 10.5. The monoisotopic (exact) mass is 198 g/mol. The van der Waals surface area contributed by atoms with Crippen molar-refractivity contribution < 1.29 is 12.6 Å². The summed E-state index contributed by atoms with van der Waals surface area (Å²) in [4.78, 5) is 0. The summed E-state index contributed by atoms with van der Waals surface area (Å²) in [5.41, 5.74) is 0. The zero-order chi connectivity index (χ0) is 6.62. The third-order valence-electron chi connectivity index (χ3n) is 0.283. The third kappa shape index (κ3) is 5.95. The molecule has 0 aromatic carbocycles. The Morgan fingerprint density at radius 1 is 1.75 bits per heavy atom. The Bertz CT molecular complexity index is 187. The van der Waals surface area contributed by atoms with Crippen molar-refractivity contribution in [3.8, 4) is 12.3 Å². The van der Waals surface area contributed by atoms with Gasteiger partial charge >= 0.3 is 8.55 Å². The SMILES string of the molecule is C#CCOS(=O)(=O)Br. The Labute approximate surface area is 55.4 Å². The van der Waals surface area contributed by atoms with Crippen molar-refractivity contribution in [3.05, 3.63) is 0 Å². The highest BCUT2D eigenvalue weighted by Gasteiger charge is 1.99. The average Bonchev–Trinajstić information content (AvgIpc) is 1.59. The standard InChI is InChI=1S/C3H3BrO3S/c1-2-3-7-8(4,5)6/h1H,3H2. The molecule has 0 aliphatic heterocycles. The van der Waals surface area contributed by atoms with Crippen LogP contribution in [0.1, 0.15) is 0 Å². The van der Waals surface area contributed by atoms with E-state index in [1.165, 1.54) is 0 Å². The van der Waals surface area contributed by atoms with Gasteiger partial charge in [0.25, 0.3) is 0 Å².